The van der Waals surface area contributed by atoms with Gasteiger partial charge in [-0.25, -0.2) is 15.1 Å². The molecule has 19 heavy (non-hydrogen) atoms. The molecule has 4 N–H and O–H groups in total. The van der Waals surface area contributed by atoms with Crippen LogP contribution in [-0.2, 0) is 16.3 Å². The molecule has 0 aliphatic rings. The minimum absolute atomic E-state index is 0.141. The number of thioether (sulfide) groups is 1. The van der Waals surface area contributed by atoms with Gasteiger partial charge in [0.2, 0.25) is 5.91 Å². The fourth-order valence-electron chi connectivity index (χ4n) is 1.13. The average Bonchev–Trinajstić information content (AvgIpc) is 2.39. The molecule has 0 unspecified atom stereocenters. The smallest absolute Gasteiger partial charge is 0.327 e. The number of carbonyl (C=O) groups is 2. The number of nitrogens with one attached hydrogen (secondary N) is 3. The summed E-state index contributed by atoms with van der Waals surface area (Å²) < 4.78 is 0. The lowest BCUT2D eigenvalue weighted by molar-refractivity contribution is -0.253. The Hall–Kier alpha value is -1.77. The average molecular weight is 285 g/mol. The van der Waals surface area contributed by atoms with E-state index in [2.05, 4.69) is 21.1 Å². The van der Waals surface area contributed by atoms with Crippen LogP contribution in [0.4, 0.5) is 4.79 Å². The first kappa shape index (κ1) is 15.3. The summed E-state index contributed by atoms with van der Waals surface area (Å²) in [6, 6.07) is 6.86. The first-order chi connectivity index (χ1) is 9.11. The van der Waals surface area contributed by atoms with Crippen molar-refractivity contribution in [3.63, 3.8) is 0 Å². The zero-order chi connectivity index (χ0) is 14.1. The summed E-state index contributed by atoms with van der Waals surface area (Å²) in [5.41, 5.74) is 5.20. The van der Waals surface area contributed by atoms with E-state index >= 15 is 0 Å². The van der Waals surface area contributed by atoms with Crippen molar-refractivity contribution in [1.29, 1.82) is 0 Å². The van der Waals surface area contributed by atoms with Crippen LogP contribution in [0.15, 0.2) is 29.2 Å². The Labute approximate surface area is 114 Å². The van der Waals surface area contributed by atoms with E-state index in [-0.39, 0.29) is 12.5 Å². The zero-order valence-corrected chi connectivity index (χ0v) is 11.1. The summed E-state index contributed by atoms with van der Waals surface area (Å²) in [7, 11) is 0. The van der Waals surface area contributed by atoms with Crippen LogP contribution in [0.5, 0.6) is 0 Å². The van der Waals surface area contributed by atoms with Crippen molar-refractivity contribution in [2.45, 2.75) is 18.4 Å². The van der Waals surface area contributed by atoms with Gasteiger partial charge in [0.05, 0.1) is 5.88 Å². The summed E-state index contributed by atoms with van der Waals surface area (Å²) in [6.07, 6.45) is 0. The Kier molecular flexibility index (Phi) is 6.72. The van der Waals surface area contributed by atoms with Gasteiger partial charge in [0.15, 0.2) is 0 Å². The fraction of sp³-hybridized carbons (Fsp3) is 0.273. The Morgan fingerprint density at radius 1 is 1.26 bits per heavy atom. The van der Waals surface area contributed by atoms with Crippen LogP contribution >= 0.6 is 11.8 Å². The molecule has 104 valence electrons. The van der Waals surface area contributed by atoms with Gasteiger partial charge in [-0.2, -0.15) is 0 Å². The van der Waals surface area contributed by atoms with E-state index in [1.165, 1.54) is 18.7 Å². The van der Waals surface area contributed by atoms with Gasteiger partial charge in [-0.05, 0) is 17.7 Å². The molecule has 0 aromatic heterocycles. The van der Waals surface area contributed by atoms with E-state index in [9.17, 15) is 9.59 Å². The molecule has 1 aromatic carbocycles. The molecule has 8 heteroatoms. The largest absolute Gasteiger partial charge is 0.334 e. The third-order valence-electron chi connectivity index (χ3n) is 1.98. The van der Waals surface area contributed by atoms with Gasteiger partial charge in [0, 0.05) is 11.8 Å². The van der Waals surface area contributed by atoms with Crippen molar-refractivity contribution >= 4 is 23.7 Å². The van der Waals surface area contributed by atoms with Crippen molar-refractivity contribution in [1.82, 2.24) is 16.2 Å². The molecule has 0 aliphatic heterocycles. The molecular weight excluding hydrogens is 270 g/mol. The summed E-state index contributed by atoms with van der Waals surface area (Å²) in [5, 5.41) is 10.9. The molecule has 0 spiro atoms. The van der Waals surface area contributed by atoms with Crippen LogP contribution in [0.1, 0.15) is 12.5 Å². The Morgan fingerprint density at radius 2 is 1.95 bits per heavy atom. The lowest BCUT2D eigenvalue weighted by Crippen LogP contribution is -2.45. The molecular formula is C11H15N3O4S. The van der Waals surface area contributed by atoms with Gasteiger partial charge in [0.25, 0.3) is 0 Å². The molecule has 0 heterocycles. The second-order valence-corrected chi connectivity index (χ2v) is 4.57. The second-order valence-electron chi connectivity index (χ2n) is 3.52. The molecule has 0 saturated heterocycles. The Morgan fingerprint density at radius 3 is 2.53 bits per heavy atom. The Balaban J connectivity index is 2.25. The van der Waals surface area contributed by atoms with Crippen LogP contribution in [0, 0.1) is 0 Å². The maximum Gasteiger partial charge on any atom is 0.334 e. The molecule has 0 aliphatic carbocycles. The molecule has 7 nitrogen and oxygen atoms in total. The van der Waals surface area contributed by atoms with E-state index in [1.54, 1.807) is 0 Å². The van der Waals surface area contributed by atoms with Crippen LogP contribution in [0.2, 0.25) is 0 Å². The molecule has 0 atom stereocenters. The van der Waals surface area contributed by atoms with Gasteiger partial charge in [-0.15, -0.1) is 11.8 Å². The van der Waals surface area contributed by atoms with E-state index in [0.29, 0.717) is 5.88 Å². The van der Waals surface area contributed by atoms with Gasteiger partial charge in [-0.1, -0.05) is 12.1 Å². The SMILES string of the molecule is CC(=O)NNC(=O)NCSc1ccc(COO)cc1. The first-order valence-electron chi connectivity index (χ1n) is 5.40. The molecule has 0 saturated carbocycles. The highest BCUT2D eigenvalue weighted by molar-refractivity contribution is 7.99. The number of hydrazine groups is 1. The minimum atomic E-state index is -0.479. The zero-order valence-electron chi connectivity index (χ0n) is 10.3. The summed E-state index contributed by atoms with van der Waals surface area (Å²) >= 11 is 1.42. The van der Waals surface area contributed by atoms with Crippen molar-refractivity contribution in [2.24, 2.45) is 0 Å². The van der Waals surface area contributed by atoms with Crippen LogP contribution in [0.3, 0.4) is 0 Å². The van der Waals surface area contributed by atoms with Crippen LogP contribution in [-0.4, -0.2) is 23.1 Å². The number of amides is 3. The molecule has 0 fully saturated rings. The molecule has 0 bridgehead atoms. The first-order valence-corrected chi connectivity index (χ1v) is 6.39. The topological polar surface area (TPSA) is 99.7 Å². The number of hydrogen-bond donors (Lipinski definition) is 4. The predicted octanol–water partition coefficient (Wildman–Crippen LogP) is 1.08. The van der Waals surface area contributed by atoms with E-state index in [1.807, 2.05) is 24.3 Å². The lowest BCUT2D eigenvalue weighted by atomic mass is 10.2. The highest BCUT2D eigenvalue weighted by atomic mass is 32.2. The standard InChI is InChI=1S/C11H15N3O4S/c1-8(15)13-14-11(16)12-7-19-10-4-2-9(3-5-10)6-18-17/h2-5,17H,6-7H2,1H3,(H,13,15)(H2,12,14,16). The number of urea groups is 1. The summed E-state index contributed by atoms with van der Waals surface area (Å²) in [6.45, 7) is 1.44. The maximum absolute atomic E-state index is 11.2. The number of hydrogen-bond acceptors (Lipinski definition) is 5. The van der Waals surface area contributed by atoms with Gasteiger partial charge in [-0.3, -0.25) is 15.5 Å². The molecule has 3 amide bonds. The fourth-order valence-corrected chi connectivity index (χ4v) is 1.83. The third-order valence-corrected chi connectivity index (χ3v) is 2.87. The van der Waals surface area contributed by atoms with Crippen molar-refractivity contribution in [3.8, 4) is 0 Å². The highest BCUT2D eigenvalue weighted by Crippen LogP contribution is 2.17. The third kappa shape index (κ3) is 6.65. The van der Waals surface area contributed by atoms with Gasteiger partial charge >= 0.3 is 6.03 Å². The molecule has 1 aromatic rings. The van der Waals surface area contributed by atoms with Crippen molar-refractivity contribution in [2.75, 3.05) is 5.88 Å². The predicted molar refractivity (Wildman–Crippen MR) is 70.1 cm³/mol. The van der Waals surface area contributed by atoms with Crippen molar-refractivity contribution < 1.29 is 19.7 Å². The quantitative estimate of drug-likeness (QED) is 0.281. The van der Waals surface area contributed by atoms with Crippen LogP contribution < -0.4 is 16.2 Å². The van der Waals surface area contributed by atoms with Crippen molar-refractivity contribution in [3.05, 3.63) is 29.8 Å². The Bertz CT molecular complexity index is 424. The summed E-state index contributed by atoms with van der Waals surface area (Å²) in [5.74, 6) is 0.0193. The minimum Gasteiger partial charge on any atom is -0.327 e. The van der Waals surface area contributed by atoms with Crippen LogP contribution in [0.25, 0.3) is 0 Å². The number of benzene rings is 1. The van der Waals surface area contributed by atoms with Gasteiger partial charge in [0.1, 0.15) is 6.61 Å². The number of carbonyl (C=O) groups excluding carboxylic acids is 2. The maximum atomic E-state index is 11.2. The normalized spacial score (nSPS) is 9.79. The monoisotopic (exact) mass is 285 g/mol. The lowest BCUT2D eigenvalue weighted by Gasteiger charge is -2.07. The summed E-state index contributed by atoms with van der Waals surface area (Å²) in [4.78, 5) is 26.7. The molecule has 1 rings (SSSR count). The highest BCUT2D eigenvalue weighted by Gasteiger charge is 2.00. The number of rotatable bonds is 5. The van der Waals surface area contributed by atoms with E-state index in [0.717, 1.165) is 10.5 Å². The second kappa shape index (κ2) is 8.35. The van der Waals surface area contributed by atoms with E-state index in [4.69, 9.17) is 5.26 Å². The van der Waals surface area contributed by atoms with Gasteiger partial charge < -0.3 is 5.32 Å². The van der Waals surface area contributed by atoms with E-state index < -0.39 is 6.03 Å². The molecule has 0 radical (unpaired) electrons.